The minimum Gasteiger partial charge on any atom is -0.494 e. The lowest BCUT2D eigenvalue weighted by atomic mass is 10.2. The van der Waals surface area contributed by atoms with Crippen molar-refractivity contribution in [1.29, 1.82) is 0 Å². The molecule has 0 bridgehead atoms. The topological polar surface area (TPSA) is 63.0 Å². The molecule has 1 aliphatic heterocycles. The molecule has 0 N–H and O–H groups in total. The fourth-order valence-corrected chi connectivity index (χ4v) is 2.81. The van der Waals surface area contributed by atoms with Crippen molar-refractivity contribution >= 4 is 17.9 Å². The predicted molar refractivity (Wildman–Crippen MR) is 97.8 cm³/mol. The average Bonchev–Trinajstić information content (AvgIpc) is 3.22. The zero-order chi connectivity index (χ0) is 18.4. The molecule has 2 amide bonds. The van der Waals surface area contributed by atoms with Gasteiger partial charge in [-0.05, 0) is 36.8 Å². The third kappa shape index (κ3) is 4.33. The van der Waals surface area contributed by atoms with E-state index in [9.17, 15) is 9.59 Å². The van der Waals surface area contributed by atoms with Gasteiger partial charge in [0, 0.05) is 32.3 Å². The molecule has 6 nitrogen and oxygen atoms in total. The van der Waals surface area contributed by atoms with E-state index in [4.69, 9.17) is 9.15 Å². The highest BCUT2D eigenvalue weighted by Crippen LogP contribution is 2.14. The molecule has 1 saturated heterocycles. The third-order valence-electron chi connectivity index (χ3n) is 4.26. The van der Waals surface area contributed by atoms with Gasteiger partial charge in [0.2, 0.25) is 5.91 Å². The maximum Gasteiger partial charge on any atom is 0.257 e. The molecule has 136 valence electrons. The Morgan fingerprint density at radius 1 is 1.08 bits per heavy atom. The van der Waals surface area contributed by atoms with Crippen molar-refractivity contribution in [3.63, 3.8) is 0 Å². The van der Waals surface area contributed by atoms with Gasteiger partial charge < -0.3 is 19.0 Å². The molecule has 1 aromatic heterocycles. The summed E-state index contributed by atoms with van der Waals surface area (Å²) in [6, 6.07) is 9.24. The Balaban J connectivity index is 1.51. The molecule has 1 aliphatic rings. The molecule has 1 aromatic carbocycles. The summed E-state index contributed by atoms with van der Waals surface area (Å²) in [7, 11) is 0. The molecule has 2 aromatic rings. The molecular weight excluding hydrogens is 332 g/mol. The molecular formula is C20H22N2O4. The van der Waals surface area contributed by atoms with Gasteiger partial charge in [-0.25, -0.2) is 0 Å². The Bertz CT molecular complexity index is 758. The van der Waals surface area contributed by atoms with Gasteiger partial charge in [0.05, 0.1) is 18.4 Å². The number of piperazine rings is 1. The molecule has 3 rings (SSSR count). The van der Waals surface area contributed by atoms with Crippen LogP contribution in [0.2, 0.25) is 0 Å². The van der Waals surface area contributed by atoms with Crippen molar-refractivity contribution in [2.45, 2.75) is 6.92 Å². The number of hydrogen-bond donors (Lipinski definition) is 0. The third-order valence-corrected chi connectivity index (χ3v) is 4.26. The van der Waals surface area contributed by atoms with Crippen LogP contribution >= 0.6 is 0 Å². The molecule has 1 fully saturated rings. The van der Waals surface area contributed by atoms with Crippen LogP contribution in [0.4, 0.5) is 0 Å². The number of ether oxygens (including phenoxy) is 1. The second-order valence-electron chi connectivity index (χ2n) is 5.96. The highest BCUT2D eigenvalue weighted by Gasteiger charge is 2.24. The number of benzene rings is 1. The van der Waals surface area contributed by atoms with E-state index >= 15 is 0 Å². The highest BCUT2D eigenvalue weighted by molar-refractivity contribution is 5.94. The minimum atomic E-state index is -0.0595. The summed E-state index contributed by atoms with van der Waals surface area (Å²) < 4.78 is 10.4. The van der Waals surface area contributed by atoms with Gasteiger partial charge in [-0.2, -0.15) is 0 Å². The maximum atomic E-state index is 12.3. The first-order valence-corrected chi connectivity index (χ1v) is 8.68. The van der Waals surface area contributed by atoms with Crippen LogP contribution in [0.1, 0.15) is 22.8 Å². The summed E-state index contributed by atoms with van der Waals surface area (Å²) in [6.07, 6.45) is 6.29. The first-order valence-electron chi connectivity index (χ1n) is 8.68. The lowest BCUT2D eigenvalue weighted by Crippen LogP contribution is -2.50. The Hall–Kier alpha value is -3.02. The second kappa shape index (κ2) is 8.38. The molecule has 2 heterocycles. The van der Waals surface area contributed by atoms with Gasteiger partial charge in [-0.15, -0.1) is 0 Å². The number of hydrogen-bond acceptors (Lipinski definition) is 4. The first kappa shape index (κ1) is 17.8. The number of rotatable bonds is 5. The largest absolute Gasteiger partial charge is 0.494 e. The number of nitrogens with zero attached hydrogens (tertiary/aromatic N) is 2. The van der Waals surface area contributed by atoms with Crippen LogP contribution in [0.25, 0.3) is 6.08 Å². The fourth-order valence-electron chi connectivity index (χ4n) is 2.81. The Morgan fingerprint density at radius 3 is 2.38 bits per heavy atom. The summed E-state index contributed by atoms with van der Waals surface area (Å²) >= 11 is 0. The van der Waals surface area contributed by atoms with Crippen molar-refractivity contribution in [2.75, 3.05) is 32.8 Å². The van der Waals surface area contributed by atoms with Crippen molar-refractivity contribution in [3.8, 4) is 5.75 Å². The molecule has 0 saturated carbocycles. The van der Waals surface area contributed by atoms with Crippen LogP contribution < -0.4 is 4.74 Å². The quantitative estimate of drug-likeness (QED) is 0.775. The summed E-state index contributed by atoms with van der Waals surface area (Å²) in [4.78, 5) is 28.1. The molecule has 26 heavy (non-hydrogen) atoms. The standard InChI is InChI=1S/C20H22N2O4/c1-2-26-18-6-3-16(4-7-18)5-8-19(23)21-10-12-22(13-11-21)20(24)17-9-14-25-15-17/h3-9,14-15H,2,10-13H2,1H3/b8-5+. The van der Waals surface area contributed by atoms with Crippen LogP contribution in [-0.4, -0.2) is 54.4 Å². The summed E-state index contributed by atoms with van der Waals surface area (Å²) in [5, 5.41) is 0. The fraction of sp³-hybridized carbons (Fsp3) is 0.300. The molecule has 0 aliphatic carbocycles. The van der Waals surface area contributed by atoms with E-state index in [0.717, 1.165) is 11.3 Å². The van der Waals surface area contributed by atoms with Crippen molar-refractivity contribution < 1.29 is 18.7 Å². The van der Waals surface area contributed by atoms with Gasteiger partial charge in [-0.3, -0.25) is 9.59 Å². The van der Waals surface area contributed by atoms with Crippen LogP contribution in [0.15, 0.2) is 53.4 Å². The van der Waals surface area contributed by atoms with Crippen LogP contribution in [-0.2, 0) is 4.79 Å². The van der Waals surface area contributed by atoms with Gasteiger partial charge >= 0.3 is 0 Å². The van der Waals surface area contributed by atoms with Crippen LogP contribution in [0.5, 0.6) is 5.75 Å². The molecule has 6 heteroatoms. The van der Waals surface area contributed by atoms with E-state index in [1.54, 1.807) is 28.0 Å². The van der Waals surface area contributed by atoms with E-state index < -0.39 is 0 Å². The zero-order valence-corrected chi connectivity index (χ0v) is 14.8. The Labute approximate surface area is 152 Å². The van der Waals surface area contributed by atoms with E-state index in [1.807, 2.05) is 31.2 Å². The normalized spacial score (nSPS) is 14.7. The Kier molecular flexibility index (Phi) is 5.73. The van der Waals surface area contributed by atoms with Crippen LogP contribution in [0, 0.1) is 0 Å². The van der Waals surface area contributed by atoms with Gasteiger partial charge in [0.25, 0.3) is 5.91 Å². The first-order chi connectivity index (χ1) is 12.7. The van der Waals surface area contributed by atoms with Gasteiger partial charge in [-0.1, -0.05) is 12.1 Å². The molecule has 0 atom stereocenters. The molecule has 0 radical (unpaired) electrons. The van der Waals surface area contributed by atoms with Gasteiger partial charge in [0.1, 0.15) is 12.0 Å². The zero-order valence-electron chi connectivity index (χ0n) is 14.8. The van der Waals surface area contributed by atoms with E-state index in [0.29, 0.717) is 38.3 Å². The average molecular weight is 354 g/mol. The number of carbonyl (C=O) groups is 2. The minimum absolute atomic E-state index is 0.0469. The number of furan rings is 1. The van der Waals surface area contributed by atoms with E-state index in [1.165, 1.54) is 12.5 Å². The molecule has 0 unspecified atom stereocenters. The smallest absolute Gasteiger partial charge is 0.257 e. The van der Waals surface area contributed by atoms with E-state index in [2.05, 4.69) is 0 Å². The van der Waals surface area contributed by atoms with E-state index in [-0.39, 0.29) is 11.8 Å². The SMILES string of the molecule is CCOc1ccc(/C=C/C(=O)N2CCN(C(=O)c3ccoc3)CC2)cc1. The Morgan fingerprint density at radius 2 is 1.77 bits per heavy atom. The lowest BCUT2D eigenvalue weighted by molar-refractivity contribution is -0.127. The van der Waals surface area contributed by atoms with Crippen molar-refractivity contribution in [3.05, 3.63) is 60.1 Å². The summed E-state index contributed by atoms with van der Waals surface area (Å²) in [5.41, 5.74) is 1.48. The lowest BCUT2D eigenvalue weighted by Gasteiger charge is -2.34. The van der Waals surface area contributed by atoms with Gasteiger partial charge in [0.15, 0.2) is 0 Å². The molecule has 0 spiro atoms. The summed E-state index contributed by atoms with van der Waals surface area (Å²) in [5.74, 6) is 0.708. The number of amides is 2. The predicted octanol–water partition coefficient (Wildman–Crippen LogP) is 2.68. The van der Waals surface area contributed by atoms with Crippen molar-refractivity contribution in [2.24, 2.45) is 0 Å². The number of carbonyl (C=O) groups excluding carboxylic acids is 2. The summed E-state index contributed by atoms with van der Waals surface area (Å²) in [6.45, 7) is 4.66. The van der Waals surface area contributed by atoms with Crippen molar-refractivity contribution in [1.82, 2.24) is 9.80 Å². The highest BCUT2D eigenvalue weighted by atomic mass is 16.5. The second-order valence-corrected chi connectivity index (χ2v) is 5.96. The monoisotopic (exact) mass is 354 g/mol. The maximum absolute atomic E-state index is 12.3. The van der Waals surface area contributed by atoms with Crippen LogP contribution in [0.3, 0.4) is 0 Å².